The summed E-state index contributed by atoms with van der Waals surface area (Å²) in [5.74, 6) is -0.324. The van der Waals surface area contributed by atoms with E-state index in [2.05, 4.69) is 19.2 Å². The number of anilines is 1. The van der Waals surface area contributed by atoms with E-state index < -0.39 is 5.92 Å². The largest absolute Gasteiger partial charge is 0.349 e. The first kappa shape index (κ1) is 19.7. The van der Waals surface area contributed by atoms with E-state index in [1.807, 2.05) is 54.6 Å². The van der Waals surface area contributed by atoms with E-state index in [0.29, 0.717) is 23.0 Å². The Morgan fingerprint density at radius 2 is 1.81 bits per heavy atom. The fourth-order valence-corrected chi connectivity index (χ4v) is 3.89. The standard InChI is InChI=1S/C22H23ClN2OS/c1-22(2)12-18(24-14-15-8-10-16(23)11-9-15)20(19(26)13-22)21(27)25-17-6-4-3-5-7-17/h3-11,20H,12-14H2,1-2H3,(H,25,27). The number of nitrogens with one attached hydrogen (secondary N) is 1. The van der Waals surface area contributed by atoms with Crippen molar-refractivity contribution >= 4 is 46.0 Å². The predicted octanol–water partition coefficient (Wildman–Crippen LogP) is 5.73. The van der Waals surface area contributed by atoms with Crippen LogP contribution in [0.5, 0.6) is 0 Å². The van der Waals surface area contributed by atoms with E-state index in [9.17, 15) is 4.79 Å². The first-order chi connectivity index (χ1) is 12.8. The summed E-state index contributed by atoms with van der Waals surface area (Å²) in [6.07, 6.45) is 1.27. The summed E-state index contributed by atoms with van der Waals surface area (Å²) in [7, 11) is 0. The number of carbonyl (C=O) groups excluding carboxylic acids is 1. The van der Waals surface area contributed by atoms with Crippen molar-refractivity contribution in [2.75, 3.05) is 5.32 Å². The second-order valence-corrected chi connectivity index (χ2v) is 8.58. The molecule has 0 bridgehead atoms. The van der Waals surface area contributed by atoms with E-state index >= 15 is 0 Å². The number of rotatable bonds is 4. The molecule has 1 N–H and O–H groups in total. The molecular formula is C22H23ClN2OS. The third kappa shape index (κ3) is 5.24. The number of nitrogens with zero attached hydrogens (tertiary/aromatic N) is 1. The number of aliphatic imine (C=N–C) groups is 1. The molecule has 140 valence electrons. The number of hydrogen-bond donors (Lipinski definition) is 1. The van der Waals surface area contributed by atoms with Crippen molar-refractivity contribution in [1.82, 2.24) is 0 Å². The van der Waals surface area contributed by atoms with Gasteiger partial charge in [-0.1, -0.05) is 68.0 Å². The van der Waals surface area contributed by atoms with Gasteiger partial charge < -0.3 is 5.32 Å². The van der Waals surface area contributed by atoms with Crippen molar-refractivity contribution in [2.24, 2.45) is 16.3 Å². The van der Waals surface area contributed by atoms with Crippen LogP contribution in [0.25, 0.3) is 0 Å². The molecule has 2 aromatic carbocycles. The van der Waals surface area contributed by atoms with Gasteiger partial charge in [-0.05, 0) is 41.7 Å². The number of halogens is 1. The fourth-order valence-electron chi connectivity index (χ4n) is 3.38. The highest BCUT2D eigenvalue weighted by Crippen LogP contribution is 2.35. The summed E-state index contributed by atoms with van der Waals surface area (Å²) in [5.41, 5.74) is 2.70. The number of benzene rings is 2. The number of hydrogen-bond acceptors (Lipinski definition) is 3. The molecular weight excluding hydrogens is 376 g/mol. The summed E-state index contributed by atoms with van der Waals surface area (Å²) >= 11 is 11.6. The van der Waals surface area contributed by atoms with Gasteiger partial charge in [-0.3, -0.25) is 9.79 Å². The highest BCUT2D eigenvalue weighted by molar-refractivity contribution is 7.80. The molecule has 5 heteroatoms. The van der Waals surface area contributed by atoms with Gasteiger partial charge in [0.2, 0.25) is 0 Å². The van der Waals surface area contributed by atoms with Gasteiger partial charge in [-0.25, -0.2) is 0 Å². The van der Waals surface area contributed by atoms with Crippen molar-refractivity contribution < 1.29 is 4.79 Å². The molecule has 1 aliphatic rings. The van der Waals surface area contributed by atoms with Crippen LogP contribution in [0.3, 0.4) is 0 Å². The summed E-state index contributed by atoms with van der Waals surface area (Å²) in [5, 5.41) is 3.92. The van der Waals surface area contributed by atoms with E-state index in [1.54, 1.807) is 0 Å². The van der Waals surface area contributed by atoms with Gasteiger partial charge in [0.05, 0.1) is 11.5 Å². The Hall–Kier alpha value is -2.04. The second kappa shape index (κ2) is 8.32. The zero-order chi connectivity index (χ0) is 19.4. The van der Waals surface area contributed by atoms with Gasteiger partial charge in [0, 0.05) is 22.8 Å². The number of ketones is 1. The maximum atomic E-state index is 12.9. The molecule has 1 unspecified atom stereocenters. The molecule has 1 aliphatic carbocycles. The molecule has 1 fully saturated rings. The highest BCUT2D eigenvalue weighted by atomic mass is 35.5. The first-order valence-electron chi connectivity index (χ1n) is 9.00. The Balaban J connectivity index is 1.83. The Morgan fingerprint density at radius 3 is 2.48 bits per heavy atom. The van der Waals surface area contributed by atoms with Crippen molar-refractivity contribution in [3.8, 4) is 0 Å². The van der Waals surface area contributed by atoms with Crippen LogP contribution < -0.4 is 5.32 Å². The molecule has 1 atom stereocenters. The third-order valence-corrected chi connectivity index (χ3v) is 5.24. The summed E-state index contributed by atoms with van der Waals surface area (Å²) < 4.78 is 0. The molecule has 0 aromatic heterocycles. The normalized spacial score (nSPS) is 20.5. The van der Waals surface area contributed by atoms with Crippen molar-refractivity contribution in [1.29, 1.82) is 0 Å². The average Bonchev–Trinajstić information content (AvgIpc) is 2.60. The molecule has 2 aromatic rings. The van der Waals surface area contributed by atoms with Crippen LogP contribution in [0.15, 0.2) is 59.6 Å². The Morgan fingerprint density at radius 1 is 1.15 bits per heavy atom. The Labute approximate surface area is 170 Å². The number of carbonyl (C=O) groups is 1. The lowest BCUT2D eigenvalue weighted by Gasteiger charge is -2.35. The van der Waals surface area contributed by atoms with Gasteiger partial charge in [0.25, 0.3) is 0 Å². The molecule has 0 saturated heterocycles. The van der Waals surface area contributed by atoms with E-state index in [1.165, 1.54) is 0 Å². The SMILES string of the molecule is CC1(C)CC(=O)C(C(=S)Nc2ccccc2)C(=NCc2ccc(Cl)cc2)C1. The molecule has 1 saturated carbocycles. The summed E-state index contributed by atoms with van der Waals surface area (Å²) in [6.45, 7) is 4.72. The quantitative estimate of drug-likeness (QED) is 0.669. The van der Waals surface area contributed by atoms with Crippen LogP contribution in [0.4, 0.5) is 5.69 Å². The molecule has 0 aliphatic heterocycles. The van der Waals surface area contributed by atoms with Gasteiger partial charge >= 0.3 is 0 Å². The average molecular weight is 399 g/mol. The van der Waals surface area contributed by atoms with Crippen LogP contribution in [-0.2, 0) is 11.3 Å². The Bertz CT molecular complexity index is 860. The summed E-state index contributed by atoms with van der Waals surface area (Å²) in [6, 6.07) is 17.3. The van der Waals surface area contributed by atoms with Crippen LogP contribution >= 0.6 is 23.8 Å². The maximum Gasteiger partial charge on any atom is 0.148 e. The van der Waals surface area contributed by atoms with E-state index in [4.69, 9.17) is 28.8 Å². The van der Waals surface area contributed by atoms with Crippen molar-refractivity contribution in [3.63, 3.8) is 0 Å². The second-order valence-electron chi connectivity index (χ2n) is 7.71. The molecule has 3 nitrogen and oxygen atoms in total. The molecule has 3 rings (SSSR count). The maximum absolute atomic E-state index is 12.9. The van der Waals surface area contributed by atoms with Crippen molar-refractivity contribution in [3.05, 3.63) is 65.2 Å². The highest BCUT2D eigenvalue weighted by Gasteiger charge is 2.40. The van der Waals surface area contributed by atoms with Gasteiger partial charge in [-0.2, -0.15) is 0 Å². The van der Waals surface area contributed by atoms with Gasteiger partial charge in [-0.15, -0.1) is 0 Å². The monoisotopic (exact) mass is 398 g/mol. The first-order valence-corrected chi connectivity index (χ1v) is 9.79. The predicted molar refractivity (Wildman–Crippen MR) is 117 cm³/mol. The minimum absolute atomic E-state index is 0.102. The molecule has 0 amide bonds. The number of Topliss-reactive ketones (excluding diaryl/α,β-unsaturated/α-hetero) is 1. The minimum atomic E-state index is -0.458. The summed E-state index contributed by atoms with van der Waals surface area (Å²) in [4.78, 5) is 18.2. The van der Waals surface area contributed by atoms with Crippen LogP contribution in [0.1, 0.15) is 32.3 Å². The molecule has 0 spiro atoms. The minimum Gasteiger partial charge on any atom is -0.349 e. The number of para-hydroxylation sites is 1. The van der Waals surface area contributed by atoms with Gasteiger partial charge in [0.15, 0.2) is 0 Å². The molecule has 0 radical (unpaired) electrons. The lowest BCUT2D eigenvalue weighted by molar-refractivity contribution is -0.122. The van der Waals surface area contributed by atoms with Crippen LogP contribution in [-0.4, -0.2) is 16.5 Å². The lowest BCUT2D eigenvalue weighted by Crippen LogP contribution is -2.43. The topological polar surface area (TPSA) is 41.5 Å². The van der Waals surface area contributed by atoms with E-state index in [-0.39, 0.29) is 11.2 Å². The van der Waals surface area contributed by atoms with Crippen molar-refractivity contribution in [2.45, 2.75) is 33.2 Å². The fraction of sp³-hybridized carbons (Fsp3) is 0.318. The van der Waals surface area contributed by atoms with Crippen LogP contribution in [0, 0.1) is 11.3 Å². The zero-order valence-corrected chi connectivity index (χ0v) is 17.1. The van der Waals surface area contributed by atoms with Gasteiger partial charge in [0.1, 0.15) is 11.7 Å². The van der Waals surface area contributed by atoms with Crippen LogP contribution in [0.2, 0.25) is 5.02 Å². The smallest absolute Gasteiger partial charge is 0.148 e. The van der Waals surface area contributed by atoms with E-state index in [0.717, 1.165) is 23.4 Å². The zero-order valence-electron chi connectivity index (χ0n) is 15.5. The molecule has 0 heterocycles. The third-order valence-electron chi connectivity index (χ3n) is 4.65. The lowest BCUT2D eigenvalue weighted by atomic mass is 9.71. The molecule has 27 heavy (non-hydrogen) atoms. The Kier molecular flexibility index (Phi) is 6.08. The number of thiocarbonyl (C=S) groups is 1.